The molecule has 7 rings (SSSR count). The lowest BCUT2D eigenvalue weighted by molar-refractivity contribution is -0.140. The fourth-order valence-corrected chi connectivity index (χ4v) is 8.84. The molecule has 12 heteroatoms. The predicted octanol–water partition coefficient (Wildman–Crippen LogP) is 5.72. The Balaban J connectivity index is 1.49. The normalized spacial score (nSPS) is 27.8. The topological polar surface area (TPSA) is 125 Å². The molecule has 3 aromatic rings. The van der Waals surface area contributed by atoms with Crippen molar-refractivity contribution in [3.8, 4) is 17.2 Å². The van der Waals surface area contributed by atoms with Gasteiger partial charge in [-0.15, -0.1) is 0 Å². The molecule has 3 aromatic carbocycles. The van der Waals surface area contributed by atoms with Crippen LogP contribution in [0.25, 0.3) is 0 Å². The molecule has 2 aliphatic carbocycles. The maximum Gasteiger partial charge on any atom is 0.260 e. The molecule has 248 valence electrons. The van der Waals surface area contributed by atoms with E-state index >= 15 is 4.79 Å². The zero-order valence-corrected chi connectivity index (χ0v) is 27.9. The molecule has 4 amide bonds. The highest BCUT2D eigenvalue weighted by molar-refractivity contribution is 6.36. The smallest absolute Gasteiger partial charge is 0.260 e. The highest BCUT2D eigenvalue weighted by atomic mass is 35.5. The molecule has 3 fully saturated rings. The lowest BCUT2D eigenvalue weighted by atomic mass is 9.49. The molecular weight excluding hydrogens is 657 g/mol. The van der Waals surface area contributed by atoms with Crippen molar-refractivity contribution in [1.82, 2.24) is 9.91 Å². The Morgan fingerprint density at radius 1 is 0.979 bits per heavy atom. The van der Waals surface area contributed by atoms with Gasteiger partial charge in [0.1, 0.15) is 5.75 Å². The first-order valence-corrected chi connectivity index (χ1v) is 16.5. The zero-order valence-electron chi connectivity index (χ0n) is 26.4. The zero-order chi connectivity index (χ0) is 34.1. The summed E-state index contributed by atoms with van der Waals surface area (Å²) < 4.78 is 11.2. The predicted molar refractivity (Wildman–Crippen MR) is 178 cm³/mol. The largest absolute Gasteiger partial charge is 0.504 e. The number of methoxy groups -OCH3 is 1. The van der Waals surface area contributed by atoms with E-state index in [0.29, 0.717) is 27.6 Å². The molecule has 2 aliphatic heterocycles. The number of nitrogens with one attached hydrogen (secondary N) is 1. The first-order valence-electron chi connectivity index (χ1n) is 15.7. The average molecular weight is 691 g/mol. The van der Waals surface area contributed by atoms with E-state index in [9.17, 15) is 19.5 Å². The summed E-state index contributed by atoms with van der Waals surface area (Å²) in [4.78, 5) is 58.0. The Hall–Kier alpha value is -4.54. The van der Waals surface area contributed by atoms with E-state index in [-0.39, 0.29) is 47.8 Å². The van der Waals surface area contributed by atoms with Crippen LogP contribution in [0.2, 0.25) is 10.0 Å². The van der Waals surface area contributed by atoms with Gasteiger partial charge in [0.2, 0.25) is 11.8 Å². The van der Waals surface area contributed by atoms with Gasteiger partial charge in [-0.25, -0.2) is 0 Å². The number of ether oxygens (including phenoxy) is 2. The van der Waals surface area contributed by atoms with Crippen molar-refractivity contribution in [2.24, 2.45) is 23.7 Å². The summed E-state index contributed by atoms with van der Waals surface area (Å²) in [6, 6.07) is 16.7. The van der Waals surface area contributed by atoms with Crippen LogP contribution in [0.3, 0.4) is 0 Å². The summed E-state index contributed by atoms with van der Waals surface area (Å²) in [5, 5.41) is 13.4. The molecule has 0 aromatic heterocycles. The molecule has 6 atom stereocenters. The minimum absolute atomic E-state index is 0.116. The fraction of sp³-hybridized carbons (Fsp3) is 0.333. The van der Waals surface area contributed by atoms with Crippen LogP contribution in [0.1, 0.15) is 36.8 Å². The number of carbonyl (C=O) groups excluding carboxylic acids is 4. The minimum Gasteiger partial charge on any atom is -0.504 e. The van der Waals surface area contributed by atoms with Crippen molar-refractivity contribution in [3.05, 3.63) is 93.5 Å². The monoisotopic (exact) mass is 689 g/mol. The number of nitrogens with zero attached hydrogens (tertiary/aromatic N) is 2. The summed E-state index contributed by atoms with van der Waals surface area (Å²) in [5.74, 6) is -4.85. The van der Waals surface area contributed by atoms with Gasteiger partial charge in [-0.05, 0) is 67.6 Å². The highest BCUT2D eigenvalue weighted by Crippen LogP contribution is 2.65. The Morgan fingerprint density at radius 3 is 2.42 bits per heavy atom. The number of rotatable bonds is 7. The highest BCUT2D eigenvalue weighted by Gasteiger charge is 2.70. The van der Waals surface area contributed by atoms with Crippen molar-refractivity contribution in [3.63, 3.8) is 0 Å². The Kier molecular flexibility index (Phi) is 7.91. The van der Waals surface area contributed by atoms with E-state index in [0.717, 1.165) is 15.5 Å². The van der Waals surface area contributed by atoms with Crippen LogP contribution in [-0.2, 0) is 24.6 Å². The van der Waals surface area contributed by atoms with Crippen molar-refractivity contribution in [2.75, 3.05) is 26.2 Å². The van der Waals surface area contributed by atoms with Gasteiger partial charge < -0.3 is 14.6 Å². The number of anilines is 1. The van der Waals surface area contributed by atoms with Crippen LogP contribution in [0, 0.1) is 23.7 Å². The Bertz CT molecular complexity index is 1900. The summed E-state index contributed by atoms with van der Waals surface area (Å²) >= 11 is 12.6. The van der Waals surface area contributed by atoms with E-state index in [4.69, 9.17) is 32.7 Å². The number of allylic oxidation sites excluding steroid dienone is 2. The quantitative estimate of drug-likeness (QED) is 0.238. The van der Waals surface area contributed by atoms with E-state index in [2.05, 4.69) is 5.43 Å². The maximum absolute atomic E-state index is 15.3. The van der Waals surface area contributed by atoms with Crippen LogP contribution in [0.5, 0.6) is 17.2 Å². The molecule has 1 saturated carbocycles. The molecule has 48 heavy (non-hydrogen) atoms. The maximum atomic E-state index is 15.3. The third-order valence-corrected chi connectivity index (χ3v) is 11.0. The third-order valence-electron chi connectivity index (χ3n) is 10.4. The number of amides is 4. The van der Waals surface area contributed by atoms with Gasteiger partial charge in [-0.3, -0.25) is 29.5 Å². The van der Waals surface area contributed by atoms with Gasteiger partial charge in [0.15, 0.2) is 11.5 Å². The number of carbonyl (C=O) groups is 4. The standard InChI is InChI=1S/C36H33Cl2N3O7/c1-4-48-28-7-5-6-23(31(28)42)30-21-13-14-22-29(34(45)40(2)32(22)43)24(21)17-25-33(44)41(39-27-15-10-19(37)16-26(27)38)35(46)36(25,30)18-8-11-20(47-3)12-9-18/h5-13,15-16,22,24-25,29-30,39,42H,4,14,17H2,1-3H3. The fourth-order valence-electron chi connectivity index (χ4n) is 8.39. The SMILES string of the molecule is CCOc1cccc(C2C3=CCC4C(=O)N(C)C(=O)C4C3CC3C(=O)N(Nc4ccc(Cl)cc4Cl)C(=O)C32c2ccc(OC)cc2)c1O. The van der Waals surface area contributed by atoms with Gasteiger partial charge >= 0.3 is 0 Å². The number of imide groups is 2. The number of phenols is 1. The van der Waals surface area contributed by atoms with E-state index in [1.54, 1.807) is 61.5 Å². The number of hydrazine groups is 1. The van der Waals surface area contributed by atoms with Crippen molar-refractivity contribution >= 4 is 52.5 Å². The first kappa shape index (κ1) is 32.0. The molecule has 0 radical (unpaired) electrons. The van der Waals surface area contributed by atoms with Crippen molar-refractivity contribution in [1.29, 1.82) is 0 Å². The molecule has 2 heterocycles. The number of aromatic hydroxyl groups is 1. The lowest BCUT2D eigenvalue weighted by Crippen LogP contribution is -2.53. The molecule has 2 N–H and O–H groups in total. The van der Waals surface area contributed by atoms with E-state index < -0.39 is 46.8 Å². The molecular formula is C36H33Cl2N3O7. The van der Waals surface area contributed by atoms with E-state index in [1.165, 1.54) is 20.2 Å². The van der Waals surface area contributed by atoms with Crippen LogP contribution < -0.4 is 14.9 Å². The molecule has 2 saturated heterocycles. The van der Waals surface area contributed by atoms with Crippen molar-refractivity contribution in [2.45, 2.75) is 31.1 Å². The van der Waals surface area contributed by atoms with Crippen molar-refractivity contribution < 1.29 is 33.8 Å². The number of hydrogen-bond donors (Lipinski definition) is 2. The number of benzene rings is 3. The van der Waals surface area contributed by atoms with Crippen LogP contribution in [0.15, 0.2) is 72.3 Å². The van der Waals surface area contributed by atoms with Gasteiger partial charge in [-0.1, -0.05) is 59.1 Å². The second kappa shape index (κ2) is 11.9. The summed E-state index contributed by atoms with van der Waals surface area (Å²) in [6.07, 6.45) is 2.33. The van der Waals surface area contributed by atoms with Crippen LogP contribution in [0.4, 0.5) is 5.69 Å². The Morgan fingerprint density at radius 2 is 1.73 bits per heavy atom. The number of halogens is 2. The number of hydrogen-bond acceptors (Lipinski definition) is 8. The number of phenolic OH excluding ortho intramolecular Hbond substituents is 1. The second-order valence-corrected chi connectivity index (χ2v) is 13.4. The molecule has 0 spiro atoms. The van der Waals surface area contributed by atoms with Gasteiger partial charge in [0.25, 0.3) is 11.8 Å². The van der Waals surface area contributed by atoms with Crippen LogP contribution in [-0.4, -0.2) is 59.4 Å². The molecule has 6 unspecified atom stereocenters. The molecule has 0 bridgehead atoms. The number of para-hydroxylation sites is 1. The summed E-state index contributed by atoms with van der Waals surface area (Å²) in [7, 11) is 3.01. The Labute approximate surface area is 287 Å². The summed E-state index contributed by atoms with van der Waals surface area (Å²) in [6.45, 7) is 2.08. The van der Waals surface area contributed by atoms with Gasteiger partial charge in [0.05, 0.1) is 47.6 Å². The first-order chi connectivity index (χ1) is 23.0. The van der Waals surface area contributed by atoms with Gasteiger partial charge in [0, 0.05) is 23.6 Å². The number of likely N-dealkylation sites (tertiary alicyclic amines) is 1. The lowest BCUT2D eigenvalue weighted by Gasteiger charge is -2.50. The van der Waals surface area contributed by atoms with Crippen LogP contribution >= 0.6 is 23.2 Å². The average Bonchev–Trinajstić information content (AvgIpc) is 3.43. The minimum atomic E-state index is -1.59. The van der Waals surface area contributed by atoms with Gasteiger partial charge in [-0.2, -0.15) is 5.01 Å². The summed E-state index contributed by atoms with van der Waals surface area (Å²) in [5.41, 5.74) is 3.27. The third kappa shape index (κ3) is 4.53. The second-order valence-electron chi connectivity index (χ2n) is 12.6. The number of fused-ring (bicyclic) bond motifs is 4. The molecule has 10 nitrogen and oxygen atoms in total. The van der Waals surface area contributed by atoms with E-state index in [1.807, 2.05) is 6.08 Å². The molecule has 4 aliphatic rings.